The fraction of sp³-hybridized carbons (Fsp3) is 0.917. The molecule has 0 radical (unpaired) electrons. The Bertz CT molecular complexity index is 240. The molecule has 0 aromatic rings. The smallest absolute Gasteiger partial charge is 0.317 e. The molecule has 1 saturated heterocycles. The average Bonchev–Trinajstić information content (AvgIpc) is 2.15. The first kappa shape index (κ1) is 13.5. The largest absolute Gasteiger partial charge is 0.480 e. The van der Waals surface area contributed by atoms with Crippen LogP contribution in [0.2, 0.25) is 0 Å². The van der Waals surface area contributed by atoms with Crippen molar-refractivity contribution in [2.75, 3.05) is 19.7 Å². The molecule has 1 heterocycles. The molecule has 1 N–H and O–H groups in total. The van der Waals surface area contributed by atoms with E-state index in [2.05, 4.69) is 25.7 Å². The maximum absolute atomic E-state index is 10.8. The van der Waals surface area contributed by atoms with Crippen molar-refractivity contribution in [3.05, 3.63) is 0 Å². The molecule has 0 saturated carbocycles. The van der Waals surface area contributed by atoms with Crippen LogP contribution < -0.4 is 0 Å². The molecule has 1 atom stereocenters. The van der Waals surface area contributed by atoms with Crippen LogP contribution in [0.25, 0.3) is 0 Å². The van der Waals surface area contributed by atoms with Crippen LogP contribution in [0.4, 0.5) is 0 Å². The molecule has 0 amide bonds. The average molecular weight is 229 g/mol. The highest BCUT2D eigenvalue weighted by Crippen LogP contribution is 2.27. The zero-order valence-corrected chi connectivity index (χ0v) is 10.5. The Hall–Kier alpha value is -0.610. The Morgan fingerprint density at radius 3 is 2.75 bits per heavy atom. The van der Waals surface area contributed by atoms with Crippen molar-refractivity contribution in [3.8, 4) is 0 Å². The molecule has 1 aliphatic heterocycles. The highest BCUT2D eigenvalue weighted by molar-refractivity contribution is 5.69. The summed E-state index contributed by atoms with van der Waals surface area (Å²) in [5.74, 6) is -0.738. The summed E-state index contributed by atoms with van der Waals surface area (Å²) in [6.07, 6.45) is 2.85. The lowest BCUT2D eigenvalue weighted by Gasteiger charge is -2.40. The fourth-order valence-electron chi connectivity index (χ4n) is 2.36. The first-order valence-electron chi connectivity index (χ1n) is 6.04. The van der Waals surface area contributed by atoms with Gasteiger partial charge in [0.05, 0.1) is 12.1 Å². The van der Waals surface area contributed by atoms with Crippen molar-refractivity contribution in [2.45, 2.75) is 51.7 Å². The van der Waals surface area contributed by atoms with Crippen LogP contribution in [0.15, 0.2) is 0 Å². The van der Waals surface area contributed by atoms with Crippen molar-refractivity contribution >= 4 is 5.97 Å². The third-order valence-electron chi connectivity index (χ3n) is 3.04. The second-order valence-corrected chi connectivity index (χ2v) is 5.12. The number of carboxylic acid groups (broad SMARTS) is 1. The van der Waals surface area contributed by atoms with Gasteiger partial charge >= 0.3 is 5.97 Å². The number of carboxylic acids is 1. The molecule has 1 aliphatic rings. The minimum atomic E-state index is -0.738. The molecule has 0 bridgehead atoms. The molecular weight excluding hydrogens is 206 g/mol. The van der Waals surface area contributed by atoms with E-state index in [1.807, 2.05) is 0 Å². The molecule has 4 nitrogen and oxygen atoms in total. The molecule has 16 heavy (non-hydrogen) atoms. The summed E-state index contributed by atoms with van der Waals surface area (Å²) in [5.41, 5.74) is -0.118. The van der Waals surface area contributed by atoms with E-state index in [1.54, 1.807) is 0 Å². The zero-order chi connectivity index (χ0) is 12.2. The summed E-state index contributed by atoms with van der Waals surface area (Å²) in [5, 5.41) is 8.90. The van der Waals surface area contributed by atoms with E-state index >= 15 is 0 Å². The van der Waals surface area contributed by atoms with Crippen LogP contribution in [0.5, 0.6) is 0 Å². The van der Waals surface area contributed by atoms with E-state index in [0.29, 0.717) is 6.04 Å². The van der Waals surface area contributed by atoms with E-state index < -0.39 is 5.97 Å². The van der Waals surface area contributed by atoms with Gasteiger partial charge in [0.1, 0.15) is 0 Å². The third kappa shape index (κ3) is 4.10. The standard InChI is InChI=1S/C12H23NO3/c1-4-6-13(9-11(14)15)10-5-7-16-12(2,3)8-10/h10H,4-9H2,1-3H3,(H,14,15). The van der Waals surface area contributed by atoms with Gasteiger partial charge in [-0.05, 0) is 39.7 Å². The lowest BCUT2D eigenvalue weighted by molar-refractivity contribution is -0.141. The van der Waals surface area contributed by atoms with Crippen molar-refractivity contribution < 1.29 is 14.6 Å². The minimum absolute atomic E-state index is 0.118. The predicted molar refractivity (Wildman–Crippen MR) is 62.6 cm³/mol. The maximum atomic E-state index is 10.8. The van der Waals surface area contributed by atoms with E-state index in [4.69, 9.17) is 9.84 Å². The number of ether oxygens (including phenoxy) is 1. The van der Waals surface area contributed by atoms with Gasteiger partial charge in [-0.3, -0.25) is 9.69 Å². The number of rotatable bonds is 5. The highest BCUT2D eigenvalue weighted by Gasteiger charge is 2.32. The second kappa shape index (κ2) is 5.64. The van der Waals surface area contributed by atoms with Gasteiger partial charge in [-0.15, -0.1) is 0 Å². The number of hydrogen-bond acceptors (Lipinski definition) is 3. The van der Waals surface area contributed by atoms with E-state index in [9.17, 15) is 4.79 Å². The number of nitrogens with zero attached hydrogens (tertiary/aromatic N) is 1. The van der Waals surface area contributed by atoms with Crippen molar-refractivity contribution in [2.24, 2.45) is 0 Å². The van der Waals surface area contributed by atoms with E-state index in [0.717, 1.165) is 32.4 Å². The van der Waals surface area contributed by atoms with Crippen molar-refractivity contribution in [1.82, 2.24) is 4.90 Å². The third-order valence-corrected chi connectivity index (χ3v) is 3.04. The number of hydrogen-bond donors (Lipinski definition) is 1. The predicted octanol–water partition coefficient (Wildman–Crippen LogP) is 1.74. The Morgan fingerprint density at radius 2 is 2.25 bits per heavy atom. The lowest BCUT2D eigenvalue weighted by atomic mass is 9.92. The van der Waals surface area contributed by atoms with Gasteiger partial charge in [0.2, 0.25) is 0 Å². The molecule has 0 spiro atoms. The van der Waals surface area contributed by atoms with Crippen molar-refractivity contribution in [3.63, 3.8) is 0 Å². The van der Waals surface area contributed by atoms with Crippen LogP contribution in [-0.4, -0.2) is 47.3 Å². The van der Waals surface area contributed by atoms with Gasteiger partial charge in [-0.25, -0.2) is 0 Å². The first-order valence-corrected chi connectivity index (χ1v) is 6.04. The molecule has 1 fully saturated rings. The van der Waals surface area contributed by atoms with Gasteiger partial charge in [0.25, 0.3) is 0 Å². The molecular formula is C12H23NO3. The molecule has 4 heteroatoms. The SMILES string of the molecule is CCCN(CC(=O)O)C1CCOC(C)(C)C1. The van der Waals surface area contributed by atoms with Gasteiger partial charge in [-0.1, -0.05) is 6.92 Å². The van der Waals surface area contributed by atoms with Gasteiger partial charge in [-0.2, -0.15) is 0 Å². The van der Waals surface area contributed by atoms with Gasteiger partial charge in [0.15, 0.2) is 0 Å². The second-order valence-electron chi connectivity index (χ2n) is 5.12. The number of carbonyl (C=O) groups is 1. The molecule has 0 aromatic heterocycles. The van der Waals surface area contributed by atoms with Crippen LogP contribution in [0.1, 0.15) is 40.0 Å². The lowest BCUT2D eigenvalue weighted by Crippen LogP contribution is -2.48. The van der Waals surface area contributed by atoms with Crippen LogP contribution in [0.3, 0.4) is 0 Å². The van der Waals surface area contributed by atoms with Crippen LogP contribution in [-0.2, 0) is 9.53 Å². The topological polar surface area (TPSA) is 49.8 Å². The highest BCUT2D eigenvalue weighted by atomic mass is 16.5. The van der Waals surface area contributed by atoms with Crippen LogP contribution in [0, 0.1) is 0 Å². The number of aliphatic carboxylic acids is 1. The molecule has 0 aromatic carbocycles. The Balaban J connectivity index is 2.59. The summed E-state index contributed by atoms with van der Waals surface area (Å²) < 4.78 is 5.65. The summed E-state index contributed by atoms with van der Waals surface area (Å²) in [4.78, 5) is 12.9. The molecule has 94 valence electrons. The summed E-state index contributed by atoms with van der Waals surface area (Å²) in [7, 11) is 0. The molecule has 0 aliphatic carbocycles. The molecule has 1 rings (SSSR count). The van der Waals surface area contributed by atoms with E-state index in [1.165, 1.54) is 0 Å². The van der Waals surface area contributed by atoms with Crippen LogP contribution >= 0.6 is 0 Å². The molecule has 1 unspecified atom stereocenters. The zero-order valence-electron chi connectivity index (χ0n) is 10.5. The first-order chi connectivity index (χ1) is 7.44. The monoisotopic (exact) mass is 229 g/mol. The maximum Gasteiger partial charge on any atom is 0.317 e. The summed E-state index contributed by atoms with van der Waals surface area (Å²) in [6.45, 7) is 7.96. The quantitative estimate of drug-likeness (QED) is 0.780. The normalized spacial score (nSPS) is 24.6. The summed E-state index contributed by atoms with van der Waals surface area (Å²) in [6, 6.07) is 0.347. The Morgan fingerprint density at radius 1 is 1.56 bits per heavy atom. The summed E-state index contributed by atoms with van der Waals surface area (Å²) >= 11 is 0. The Labute approximate surface area is 97.6 Å². The van der Waals surface area contributed by atoms with Crippen molar-refractivity contribution in [1.29, 1.82) is 0 Å². The Kier molecular flexibility index (Phi) is 4.74. The van der Waals surface area contributed by atoms with Gasteiger partial charge < -0.3 is 9.84 Å². The van der Waals surface area contributed by atoms with Gasteiger partial charge in [0, 0.05) is 12.6 Å². The fourth-order valence-corrected chi connectivity index (χ4v) is 2.36. The minimum Gasteiger partial charge on any atom is -0.480 e. The van der Waals surface area contributed by atoms with E-state index in [-0.39, 0.29) is 12.1 Å².